The van der Waals surface area contributed by atoms with Gasteiger partial charge in [0, 0.05) is 6.07 Å². The van der Waals surface area contributed by atoms with Crippen LogP contribution in [0.1, 0.15) is 0 Å². The molecule has 1 heterocycles. The van der Waals surface area contributed by atoms with Crippen LogP contribution in [0.5, 0.6) is 5.75 Å². The lowest BCUT2D eigenvalue weighted by molar-refractivity contribution is 0.445. The molecule has 0 atom stereocenters. The van der Waals surface area contributed by atoms with Gasteiger partial charge in [-0.2, -0.15) is 0 Å². The van der Waals surface area contributed by atoms with E-state index in [4.69, 9.17) is 5.11 Å². The summed E-state index contributed by atoms with van der Waals surface area (Å²) >= 11 is 0. The highest BCUT2D eigenvalue weighted by atomic mass is 16.4. The molecular formula is C5H3O3. The van der Waals surface area contributed by atoms with E-state index in [0.29, 0.717) is 0 Å². The van der Waals surface area contributed by atoms with Crippen LogP contribution in [-0.4, -0.2) is 5.11 Å². The Kier molecular flexibility index (Phi) is 1.04. The minimum atomic E-state index is -0.662. The summed E-state index contributed by atoms with van der Waals surface area (Å²) in [6.45, 7) is 0. The summed E-state index contributed by atoms with van der Waals surface area (Å²) in [4.78, 5) is 10.1. The van der Waals surface area contributed by atoms with Gasteiger partial charge in [-0.15, -0.1) is 0 Å². The Balaban J connectivity index is 3.28. The molecule has 0 aliphatic rings. The molecule has 1 N–H and O–H groups in total. The number of rotatable bonds is 0. The maximum absolute atomic E-state index is 10.1. The van der Waals surface area contributed by atoms with Crippen LogP contribution in [0.4, 0.5) is 0 Å². The predicted molar refractivity (Wildman–Crippen MR) is 25.5 cm³/mol. The largest absolute Gasteiger partial charge is 0.507 e. The van der Waals surface area contributed by atoms with Gasteiger partial charge in [0.2, 0.25) is 0 Å². The fourth-order valence-corrected chi connectivity index (χ4v) is 0.336. The maximum atomic E-state index is 10.1. The van der Waals surface area contributed by atoms with Crippen LogP contribution in [0.3, 0.4) is 0 Å². The van der Waals surface area contributed by atoms with E-state index in [1.54, 1.807) is 0 Å². The van der Waals surface area contributed by atoms with Crippen molar-refractivity contribution >= 4 is 0 Å². The molecule has 1 radical (unpaired) electrons. The molecule has 1 rings (SSSR count). The lowest BCUT2D eigenvalue weighted by Gasteiger charge is -1.81. The van der Waals surface area contributed by atoms with Crippen molar-refractivity contribution in [3.05, 3.63) is 28.8 Å². The molecule has 3 nitrogen and oxygen atoms in total. The van der Waals surface area contributed by atoms with Gasteiger partial charge >= 0.3 is 5.63 Å². The Morgan fingerprint density at radius 2 is 2.50 bits per heavy atom. The summed E-state index contributed by atoms with van der Waals surface area (Å²) in [5.41, 5.74) is -0.662. The summed E-state index contributed by atoms with van der Waals surface area (Å²) in [5, 5.41) is 8.50. The average molecular weight is 111 g/mol. The van der Waals surface area contributed by atoms with Gasteiger partial charge in [-0.05, 0) is 0 Å². The molecule has 41 valence electrons. The minimum absolute atomic E-state index is 0.193. The first-order valence-corrected chi connectivity index (χ1v) is 1.99. The molecule has 8 heavy (non-hydrogen) atoms. The van der Waals surface area contributed by atoms with E-state index >= 15 is 0 Å². The van der Waals surface area contributed by atoms with E-state index in [1.165, 1.54) is 6.07 Å². The molecular weight excluding hydrogens is 108 g/mol. The van der Waals surface area contributed by atoms with Crippen molar-refractivity contribution in [1.82, 2.24) is 0 Å². The summed E-state index contributed by atoms with van der Waals surface area (Å²) < 4.78 is 4.24. The van der Waals surface area contributed by atoms with Gasteiger partial charge in [-0.1, -0.05) is 0 Å². The van der Waals surface area contributed by atoms with Gasteiger partial charge in [0.05, 0.1) is 6.26 Å². The van der Waals surface area contributed by atoms with Crippen molar-refractivity contribution in [2.24, 2.45) is 0 Å². The van der Waals surface area contributed by atoms with Gasteiger partial charge in [0.15, 0.2) is 0 Å². The molecule has 0 aliphatic carbocycles. The van der Waals surface area contributed by atoms with Gasteiger partial charge < -0.3 is 9.52 Å². The third-order valence-electron chi connectivity index (χ3n) is 0.631. The van der Waals surface area contributed by atoms with Crippen molar-refractivity contribution in [3.8, 4) is 5.75 Å². The van der Waals surface area contributed by atoms with Gasteiger partial charge in [-0.25, -0.2) is 4.79 Å². The van der Waals surface area contributed by atoms with Crippen LogP contribution in [0.25, 0.3) is 0 Å². The van der Waals surface area contributed by atoms with Gasteiger partial charge in [0.25, 0.3) is 0 Å². The van der Waals surface area contributed by atoms with Crippen LogP contribution < -0.4 is 5.63 Å². The molecule has 0 aromatic carbocycles. The fourth-order valence-electron chi connectivity index (χ4n) is 0.336. The summed E-state index contributed by atoms with van der Waals surface area (Å²) in [6, 6.07) is 3.24. The van der Waals surface area contributed by atoms with Crippen molar-refractivity contribution in [1.29, 1.82) is 0 Å². The molecule has 1 aromatic rings. The number of aromatic hydroxyl groups is 1. The molecule has 0 unspecified atom stereocenters. The predicted octanol–water partition coefficient (Wildman–Crippen LogP) is 0.146. The first-order chi connectivity index (χ1) is 3.79. The minimum Gasteiger partial charge on any atom is -0.507 e. The lowest BCUT2D eigenvalue weighted by atomic mass is 10.5. The van der Waals surface area contributed by atoms with Gasteiger partial charge in [0.1, 0.15) is 11.8 Å². The molecule has 0 fully saturated rings. The zero-order chi connectivity index (χ0) is 5.98. The van der Waals surface area contributed by atoms with Crippen LogP contribution in [0.2, 0.25) is 0 Å². The highest BCUT2D eigenvalue weighted by Crippen LogP contribution is 1.97. The monoisotopic (exact) mass is 111 g/mol. The normalized spacial score (nSPS) is 9.00. The molecule has 0 saturated carbocycles. The van der Waals surface area contributed by atoms with Gasteiger partial charge in [-0.3, -0.25) is 0 Å². The highest BCUT2D eigenvalue weighted by molar-refractivity contribution is 5.10. The SMILES string of the molecule is O=c1[c]c(O)cco1. The quantitative estimate of drug-likeness (QED) is 0.518. The average Bonchev–Trinajstić information content (AvgIpc) is 1.64. The van der Waals surface area contributed by atoms with E-state index in [1.807, 2.05) is 6.07 Å². The Morgan fingerprint density at radius 3 is 2.88 bits per heavy atom. The smallest absolute Gasteiger partial charge is 0.347 e. The van der Waals surface area contributed by atoms with Crippen LogP contribution >= 0.6 is 0 Å². The van der Waals surface area contributed by atoms with Crippen molar-refractivity contribution in [2.75, 3.05) is 0 Å². The molecule has 0 aliphatic heterocycles. The Morgan fingerprint density at radius 1 is 1.75 bits per heavy atom. The summed E-state index contributed by atoms with van der Waals surface area (Å²) in [5.74, 6) is -0.193. The highest BCUT2D eigenvalue weighted by Gasteiger charge is 1.86. The summed E-state index contributed by atoms with van der Waals surface area (Å²) in [6.07, 6.45) is 1.11. The van der Waals surface area contributed by atoms with E-state index in [2.05, 4.69) is 4.42 Å². The van der Waals surface area contributed by atoms with Crippen molar-refractivity contribution < 1.29 is 9.52 Å². The van der Waals surface area contributed by atoms with Crippen LogP contribution in [0.15, 0.2) is 21.5 Å². The fraction of sp³-hybridized carbons (Fsp3) is 0. The van der Waals surface area contributed by atoms with E-state index in [0.717, 1.165) is 6.26 Å². The Bertz CT molecular complexity index is 225. The molecule has 3 heteroatoms. The number of hydrogen-bond donors (Lipinski definition) is 1. The molecule has 0 bridgehead atoms. The third-order valence-corrected chi connectivity index (χ3v) is 0.631. The standard InChI is InChI=1S/C5H3O3/c6-4-1-2-8-5(7)3-4/h1-2,6H. The molecule has 0 amide bonds. The lowest BCUT2D eigenvalue weighted by Crippen LogP contribution is -1.92. The first-order valence-electron chi connectivity index (χ1n) is 1.99. The molecule has 1 aromatic heterocycles. The second-order valence-corrected chi connectivity index (χ2v) is 1.22. The zero-order valence-corrected chi connectivity index (χ0v) is 3.92. The van der Waals surface area contributed by atoms with Crippen LogP contribution in [-0.2, 0) is 0 Å². The first kappa shape index (κ1) is 4.90. The number of hydrogen-bond acceptors (Lipinski definition) is 3. The van der Waals surface area contributed by atoms with Crippen molar-refractivity contribution in [2.45, 2.75) is 0 Å². The molecule has 0 spiro atoms. The summed E-state index contributed by atoms with van der Waals surface area (Å²) in [7, 11) is 0. The zero-order valence-electron chi connectivity index (χ0n) is 3.92. The third kappa shape index (κ3) is 0.872. The second-order valence-electron chi connectivity index (χ2n) is 1.22. The maximum Gasteiger partial charge on any atom is 0.347 e. The van der Waals surface area contributed by atoms with Crippen molar-refractivity contribution in [3.63, 3.8) is 0 Å². The molecule has 0 saturated heterocycles. The topological polar surface area (TPSA) is 50.4 Å². The Labute approximate surface area is 45.2 Å². The Hall–Kier alpha value is -1.25. The van der Waals surface area contributed by atoms with E-state index < -0.39 is 5.63 Å². The van der Waals surface area contributed by atoms with E-state index in [-0.39, 0.29) is 5.75 Å². The van der Waals surface area contributed by atoms with E-state index in [9.17, 15) is 4.79 Å². The van der Waals surface area contributed by atoms with Crippen LogP contribution in [0, 0.1) is 6.07 Å². The second kappa shape index (κ2) is 1.69.